The highest BCUT2D eigenvalue weighted by atomic mass is 28.3. The molecule has 10 rings (SSSR count). The molecule has 0 atom stereocenters. The third-order valence-electron chi connectivity index (χ3n) is 13.2. The lowest BCUT2D eigenvalue weighted by atomic mass is 9.63. The molecule has 0 N–H and O–H groups in total. The zero-order chi connectivity index (χ0) is 39.5. The van der Waals surface area contributed by atoms with Gasteiger partial charge in [0.25, 0.3) is 0 Å². The molecule has 8 aromatic carbocycles. The molecular weight excluding hydrogens is 715 g/mol. The highest BCUT2D eigenvalue weighted by Crippen LogP contribution is 2.45. The summed E-state index contributed by atoms with van der Waals surface area (Å²) in [6, 6.07) is 75.5. The summed E-state index contributed by atoms with van der Waals surface area (Å²) >= 11 is 0. The van der Waals surface area contributed by atoms with E-state index in [4.69, 9.17) is 0 Å². The number of benzene rings is 8. The van der Waals surface area contributed by atoms with Gasteiger partial charge in [0.1, 0.15) is 0 Å². The quantitative estimate of drug-likeness (QED) is 0.113. The Morgan fingerprint density at radius 1 is 0.362 bits per heavy atom. The zero-order valence-electron chi connectivity index (χ0n) is 33.9. The van der Waals surface area contributed by atoms with Crippen molar-refractivity contribution in [3.8, 4) is 27.9 Å². The summed E-state index contributed by atoms with van der Waals surface area (Å²) in [7, 11) is -2.87. The van der Waals surface area contributed by atoms with Crippen molar-refractivity contribution in [2.75, 3.05) is 0 Å². The van der Waals surface area contributed by atoms with Crippen LogP contribution in [0.5, 0.6) is 0 Å². The van der Waals surface area contributed by atoms with Gasteiger partial charge in [-0.05, 0) is 114 Å². The molecular formula is C56H49NSi. The standard InChI is InChI=1S/C56H49NSi/c1-55(2)34-35-56(3,4)52-39-48(30-31-51(52)55)58(45-23-13-7-14-24-45,46-25-15-8-16-26-46)47-27-17-22-44(38-47)57-53-32-28-42(40-18-9-5-10-19-40)36-49(53)50-37-43(29-33-54(50)57)41-20-11-6-12-21-41/h5-33,36-39H,34-35H2,1-4H3. The van der Waals surface area contributed by atoms with E-state index < -0.39 is 8.07 Å². The van der Waals surface area contributed by atoms with Crippen LogP contribution in [0.2, 0.25) is 0 Å². The zero-order valence-corrected chi connectivity index (χ0v) is 34.9. The monoisotopic (exact) mass is 763 g/mol. The molecule has 1 aliphatic carbocycles. The molecule has 58 heavy (non-hydrogen) atoms. The summed E-state index contributed by atoms with van der Waals surface area (Å²) in [5.41, 5.74) is 11.7. The summed E-state index contributed by atoms with van der Waals surface area (Å²) in [6.45, 7) is 9.77. The average Bonchev–Trinajstić information content (AvgIpc) is 3.60. The van der Waals surface area contributed by atoms with Gasteiger partial charge in [0.05, 0.1) is 11.0 Å². The first-order valence-corrected chi connectivity index (χ1v) is 22.8. The number of hydrogen-bond donors (Lipinski definition) is 0. The fourth-order valence-electron chi connectivity index (χ4n) is 10.00. The second kappa shape index (κ2) is 14.0. The molecule has 0 aliphatic heterocycles. The van der Waals surface area contributed by atoms with Gasteiger partial charge in [-0.2, -0.15) is 0 Å². The summed E-state index contributed by atoms with van der Waals surface area (Å²) in [5.74, 6) is 0. The molecule has 2 heteroatoms. The van der Waals surface area contributed by atoms with E-state index in [0.717, 1.165) is 0 Å². The smallest absolute Gasteiger partial charge is 0.179 e. The Balaban J connectivity index is 1.25. The Morgan fingerprint density at radius 2 is 0.810 bits per heavy atom. The number of nitrogens with zero attached hydrogens (tertiary/aromatic N) is 1. The van der Waals surface area contributed by atoms with Gasteiger partial charge in [-0.1, -0.05) is 191 Å². The molecule has 1 heterocycles. The molecule has 282 valence electrons. The molecule has 0 bridgehead atoms. The molecule has 1 aliphatic rings. The van der Waals surface area contributed by atoms with Crippen LogP contribution in [0.15, 0.2) is 200 Å². The second-order valence-corrected chi connectivity index (χ2v) is 21.4. The Hall–Kier alpha value is -6.22. The minimum Gasteiger partial charge on any atom is -0.309 e. The van der Waals surface area contributed by atoms with Gasteiger partial charge >= 0.3 is 0 Å². The highest BCUT2D eigenvalue weighted by molar-refractivity contribution is 7.19. The van der Waals surface area contributed by atoms with Gasteiger partial charge in [-0.15, -0.1) is 0 Å². The second-order valence-electron chi connectivity index (χ2n) is 17.6. The first-order chi connectivity index (χ1) is 28.2. The maximum atomic E-state index is 2.63. The number of rotatable bonds is 7. The SMILES string of the molecule is CC1(C)CCC(C)(C)c2cc([Si](c3ccccc3)(c3ccccc3)c3cccc(-n4c5ccc(-c6ccccc6)cc5c5cc(-c6ccccc6)ccc54)c3)ccc21. The van der Waals surface area contributed by atoms with Crippen molar-refractivity contribution >= 4 is 50.6 Å². The topological polar surface area (TPSA) is 4.93 Å². The van der Waals surface area contributed by atoms with Crippen LogP contribution in [-0.2, 0) is 10.8 Å². The average molecular weight is 764 g/mol. The van der Waals surface area contributed by atoms with Gasteiger partial charge in [-0.25, -0.2) is 0 Å². The third kappa shape index (κ3) is 5.89. The molecule has 0 saturated carbocycles. The van der Waals surface area contributed by atoms with Crippen LogP contribution in [0.4, 0.5) is 0 Å². The van der Waals surface area contributed by atoms with E-state index in [9.17, 15) is 0 Å². The molecule has 9 aromatic rings. The number of fused-ring (bicyclic) bond motifs is 4. The van der Waals surface area contributed by atoms with Crippen molar-refractivity contribution in [2.45, 2.75) is 51.4 Å². The first kappa shape index (κ1) is 36.1. The maximum absolute atomic E-state index is 2.87. The Kier molecular flexibility index (Phi) is 8.73. The van der Waals surface area contributed by atoms with Crippen molar-refractivity contribution in [1.29, 1.82) is 0 Å². The van der Waals surface area contributed by atoms with E-state index in [1.54, 1.807) is 0 Å². The molecule has 0 fully saturated rings. The molecule has 0 spiro atoms. The fourth-order valence-corrected chi connectivity index (χ4v) is 14.8. The largest absolute Gasteiger partial charge is 0.309 e. The predicted octanol–water partition coefficient (Wildman–Crippen LogP) is 11.8. The minimum atomic E-state index is -2.87. The summed E-state index contributed by atoms with van der Waals surface area (Å²) in [6.07, 6.45) is 2.38. The van der Waals surface area contributed by atoms with E-state index >= 15 is 0 Å². The van der Waals surface area contributed by atoms with E-state index in [1.165, 1.54) is 94.5 Å². The van der Waals surface area contributed by atoms with Crippen molar-refractivity contribution in [1.82, 2.24) is 4.57 Å². The highest BCUT2D eigenvalue weighted by Gasteiger charge is 2.44. The van der Waals surface area contributed by atoms with E-state index in [1.807, 2.05) is 0 Å². The minimum absolute atomic E-state index is 0.0937. The molecule has 0 unspecified atom stereocenters. The lowest BCUT2D eigenvalue weighted by molar-refractivity contribution is 0.332. The Morgan fingerprint density at radius 3 is 1.33 bits per heavy atom. The number of aromatic nitrogens is 1. The van der Waals surface area contributed by atoms with Gasteiger partial charge in [-0.3, -0.25) is 0 Å². The van der Waals surface area contributed by atoms with E-state index in [-0.39, 0.29) is 10.8 Å². The molecule has 1 aromatic heterocycles. The van der Waals surface area contributed by atoms with Gasteiger partial charge in [0.15, 0.2) is 8.07 Å². The summed E-state index contributed by atoms with van der Waals surface area (Å²) in [4.78, 5) is 0. The molecule has 0 amide bonds. The lowest BCUT2D eigenvalue weighted by Gasteiger charge is -2.43. The number of hydrogen-bond acceptors (Lipinski definition) is 0. The summed E-state index contributed by atoms with van der Waals surface area (Å²) < 4.78 is 2.51. The van der Waals surface area contributed by atoms with Gasteiger partial charge < -0.3 is 4.57 Å². The van der Waals surface area contributed by atoms with Crippen LogP contribution in [0.1, 0.15) is 51.7 Å². The fraction of sp³-hybridized carbons (Fsp3) is 0.143. The van der Waals surface area contributed by atoms with Crippen LogP contribution in [0, 0.1) is 0 Å². The molecule has 1 nitrogen and oxygen atoms in total. The van der Waals surface area contributed by atoms with E-state index in [0.29, 0.717) is 0 Å². The normalized spacial score (nSPS) is 14.7. The van der Waals surface area contributed by atoms with Crippen molar-refractivity contribution in [3.05, 3.63) is 211 Å². The van der Waals surface area contributed by atoms with Crippen molar-refractivity contribution < 1.29 is 0 Å². The lowest BCUT2D eigenvalue weighted by Crippen LogP contribution is -2.75. The first-order valence-electron chi connectivity index (χ1n) is 20.8. The van der Waals surface area contributed by atoms with Gasteiger partial charge in [0, 0.05) is 16.5 Å². The summed E-state index contributed by atoms with van der Waals surface area (Å²) in [5, 5.41) is 8.13. The van der Waals surface area contributed by atoms with Crippen molar-refractivity contribution in [2.24, 2.45) is 0 Å². The van der Waals surface area contributed by atoms with Crippen molar-refractivity contribution in [3.63, 3.8) is 0 Å². The van der Waals surface area contributed by atoms with Crippen LogP contribution in [0.3, 0.4) is 0 Å². The van der Waals surface area contributed by atoms with Crippen LogP contribution < -0.4 is 20.7 Å². The molecule has 0 radical (unpaired) electrons. The van der Waals surface area contributed by atoms with Crippen LogP contribution >= 0.6 is 0 Å². The third-order valence-corrected chi connectivity index (χ3v) is 18.0. The molecule has 0 saturated heterocycles. The van der Waals surface area contributed by atoms with Crippen LogP contribution in [0.25, 0.3) is 49.7 Å². The Bertz CT molecular complexity index is 2790. The van der Waals surface area contributed by atoms with E-state index in [2.05, 4.69) is 232 Å². The Labute approximate surface area is 344 Å². The van der Waals surface area contributed by atoms with Gasteiger partial charge in [0.2, 0.25) is 0 Å². The maximum Gasteiger partial charge on any atom is 0.179 e. The predicted molar refractivity (Wildman–Crippen MR) is 251 cm³/mol. The van der Waals surface area contributed by atoms with Crippen LogP contribution in [-0.4, -0.2) is 12.6 Å².